The predicted molar refractivity (Wildman–Crippen MR) is 100 cm³/mol. The molecule has 0 aliphatic heterocycles. The summed E-state index contributed by atoms with van der Waals surface area (Å²) in [5, 5.41) is 22.6. The Hall–Kier alpha value is -2.34. The molecule has 2 aromatic carbocycles. The smallest absolute Gasteiger partial charge is 0.0942 e. The third kappa shape index (κ3) is 3.94. The number of nitrogens with one attached hydrogen (secondary N) is 1. The van der Waals surface area contributed by atoms with Crippen LogP contribution in [0.15, 0.2) is 54.6 Å². The number of aromatic nitrogens is 1. The van der Waals surface area contributed by atoms with Crippen LogP contribution in [0.2, 0.25) is 0 Å². The zero-order valence-corrected chi connectivity index (χ0v) is 13.8. The van der Waals surface area contributed by atoms with Crippen molar-refractivity contribution in [1.82, 2.24) is 4.98 Å². The van der Waals surface area contributed by atoms with Gasteiger partial charge in [0.25, 0.3) is 0 Å². The summed E-state index contributed by atoms with van der Waals surface area (Å²) >= 11 is 0. The van der Waals surface area contributed by atoms with Crippen molar-refractivity contribution < 1.29 is 10.2 Å². The maximum absolute atomic E-state index is 9.58. The zero-order chi connectivity index (χ0) is 16.2. The fourth-order valence-corrected chi connectivity index (χ4v) is 2.44. The van der Waals surface area contributed by atoms with Gasteiger partial charge in [-0.05, 0) is 24.3 Å². The van der Waals surface area contributed by atoms with Crippen molar-refractivity contribution in [3.05, 3.63) is 54.6 Å². The average molecular weight is 346 g/mol. The minimum atomic E-state index is -0.820. The molecule has 24 heavy (non-hydrogen) atoms. The lowest BCUT2D eigenvalue weighted by molar-refractivity contribution is 0.105. The third-order valence-electron chi connectivity index (χ3n) is 3.64. The summed E-state index contributed by atoms with van der Waals surface area (Å²) in [5.41, 5.74) is 10.0. The monoisotopic (exact) mass is 345 g/mol. The Morgan fingerprint density at radius 3 is 2.54 bits per heavy atom. The molecule has 6 heteroatoms. The van der Waals surface area contributed by atoms with Crippen LogP contribution in [0.1, 0.15) is 0 Å². The van der Waals surface area contributed by atoms with Gasteiger partial charge in [-0.15, -0.1) is 12.4 Å². The molecule has 0 bridgehead atoms. The van der Waals surface area contributed by atoms with Crippen LogP contribution in [0.5, 0.6) is 0 Å². The van der Waals surface area contributed by atoms with Gasteiger partial charge in [0.15, 0.2) is 0 Å². The Kier molecular flexibility index (Phi) is 5.98. The van der Waals surface area contributed by atoms with Gasteiger partial charge < -0.3 is 21.3 Å². The second-order valence-electron chi connectivity index (χ2n) is 5.41. The lowest BCUT2D eigenvalue weighted by Crippen LogP contribution is -2.23. The molecule has 0 aliphatic carbocycles. The highest BCUT2D eigenvalue weighted by molar-refractivity contribution is 5.95. The first-order valence-electron chi connectivity index (χ1n) is 7.46. The number of aliphatic hydroxyl groups is 2. The van der Waals surface area contributed by atoms with E-state index in [-0.39, 0.29) is 25.6 Å². The molecule has 5 N–H and O–H groups in total. The van der Waals surface area contributed by atoms with Gasteiger partial charge in [0.2, 0.25) is 0 Å². The lowest BCUT2D eigenvalue weighted by Gasteiger charge is -2.14. The first-order chi connectivity index (χ1) is 11.2. The van der Waals surface area contributed by atoms with Crippen LogP contribution in [0.3, 0.4) is 0 Å². The number of benzene rings is 2. The quantitative estimate of drug-likeness (QED) is 0.534. The van der Waals surface area contributed by atoms with Crippen molar-refractivity contribution >= 4 is 34.7 Å². The van der Waals surface area contributed by atoms with E-state index in [2.05, 4.69) is 10.3 Å². The molecule has 0 saturated carbocycles. The summed E-state index contributed by atoms with van der Waals surface area (Å²) in [6.45, 7) is -0.0393. The van der Waals surface area contributed by atoms with Crippen molar-refractivity contribution in [2.24, 2.45) is 0 Å². The summed E-state index contributed by atoms with van der Waals surface area (Å²) in [7, 11) is 0. The number of halogens is 1. The second kappa shape index (κ2) is 7.97. The van der Waals surface area contributed by atoms with Crippen LogP contribution < -0.4 is 11.1 Å². The SMILES string of the molecule is Cl.Nc1ccc2nc(-c3ccccc3)cc(NC[C@H](O)CO)c2c1. The molecule has 0 fully saturated rings. The van der Waals surface area contributed by atoms with E-state index in [0.717, 1.165) is 27.8 Å². The van der Waals surface area contributed by atoms with Gasteiger partial charge in [-0.1, -0.05) is 30.3 Å². The van der Waals surface area contributed by atoms with Gasteiger partial charge in [-0.2, -0.15) is 0 Å². The van der Waals surface area contributed by atoms with Crippen molar-refractivity contribution in [2.75, 3.05) is 24.2 Å². The standard InChI is InChI=1S/C18H19N3O2.ClH/c19-13-6-7-16-15(8-13)18(20-10-14(23)11-22)9-17(21-16)12-4-2-1-3-5-12;/h1-9,14,22-23H,10-11,19H2,(H,20,21);1H/t14-;/m0./s1. The average Bonchev–Trinajstić information content (AvgIpc) is 2.60. The second-order valence-corrected chi connectivity index (χ2v) is 5.41. The molecule has 5 nitrogen and oxygen atoms in total. The number of nitrogens with two attached hydrogens (primary N) is 1. The van der Waals surface area contributed by atoms with E-state index >= 15 is 0 Å². The van der Waals surface area contributed by atoms with E-state index in [9.17, 15) is 5.11 Å². The molecule has 0 aliphatic rings. The number of rotatable bonds is 5. The molecule has 1 heterocycles. The van der Waals surface area contributed by atoms with E-state index < -0.39 is 6.10 Å². The van der Waals surface area contributed by atoms with Crippen molar-refractivity contribution in [2.45, 2.75) is 6.10 Å². The summed E-state index contributed by atoms with van der Waals surface area (Å²) in [4.78, 5) is 4.69. The van der Waals surface area contributed by atoms with Crippen molar-refractivity contribution in [3.63, 3.8) is 0 Å². The topological polar surface area (TPSA) is 91.4 Å². The van der Waals surface area contributed by atoms with Crippen LogP contribution in [-0.4, -0.2) is 34.5 Å². The van der Waals surface area contributed by atoms with Crippen molar-refractivity contribution in [3.8, 4) is 11.3 Å². The molecule has 0 radical (unpaired) electrons. The highest BCUT2D eigenvalue weighted by Crippen LogP contribution is 2.29. The van der Waals surface area contributed by atoms with Crippen LogP contribution in [0.4, 0.5) is 11.4 Å². The maximum Gasteiger partial charge on any atom is 0.0942 e. The molecule has 1 atom stereocenters. The number of nitrogen functional groups attached to an aromatic ring is 1. The van der Waals surface area contributed by atoms with E-state index in [0.29, 0.717) is 5.69 Å². The molecule has 3 aromatic rings. The molecule has 126 valence electrons. The molecule has 0 saturated heterocycles. The Bertz CT molecular complexity index is 812. The number of aliphatic hydroxyl groups excluding tert-OH is 2. The van der Waals surface area contributed by atoms with Gasteiger partial charge in [0.05, 0.1) is 23.9 Å². The minimum Gasteiger partial charge on any atom is -0.399 e. The molecule has 0 unspecified atom stereocenters. The van der Waals surface area contributed by atoms with E-state index in [1.807, 2.05) is 54.6 Å². The number of anilines is 2. The maximum atomic E-state index is 9.58. The largest absolute Gasteiger partial charge is 0.399 e. The van der Waals surface area contributed by atoms with Crippen LogP contribution in [0.25, 0.3) is 22.2 Å². The van der Waals surface area contributed by atoms with Crippen molar-refractivity contribution in [1.29, 1.82) is 0 Å². The van der Waals surface area contributed by atoms with E-state index in [1.54, 1.807) is 0 Å². The van der Waals surface area contributed by atoms with E-state index in [1.165, 1.54) is 0 Å². The molecule has 3 rings (SSSR count). The number of fused-ring (bicyclic) bond motifs is 1. The molecule has 0 spiro atoms. The summed E-state index contributed by atoms with van der Waals surface area (Å²) in [5.74, 6) is 0. The van der Waals surface area contributed by atoms with Gasteiger partial charge in [-0.3, -0.25) is 0 Å². The Morgan fingerprint density at radius 1 is 1.08 bits per heavy atom. The third-order valence-corrected chi connectivity index (χ3v) is 3.64. The normalized spacial score (nSPS) is 11.8. The van der Waals surface area contributed by atoms with Gasteiger partial charge in [-0.25, -0.2) is 4.98 Å². The highest BCUT2D eigenvalue weighted by Gasteiger charge is 2.09. The molecular formula is C18H20ClN3O2. The Morgan fingerprint density at radius 2 is 1.83 bits per heavy atom. The van der Waals surface area contributed by atoms with Gasteiger partial charge in [0, 0.05) is 28.9 Å². The number of hydrogen-bond donors (Lipinski definition) is 4. The molecule has 0 amide bonds. The molecule has 1 aromatic heterocycles. The number of pyridine rings is 1. The summed E-state index contributed by atoms with van der Waals surface area (Å²) in [6, 6.07) is 17.4. The van der Waals surface area contributed by atoms with Crippen LogP contribution >= 0.6 is 12.4 Å². The minimum absolute atomic E-state index is 0. The number of nitrogens with zero attached hydrogens (tertiary/aromatic N) is 1. The fourth-order valence-electron chi connectivity index (χ4n) is 2.44. The predicted octanol–water partition coefficient (Wildman–Crippen LogP) is 2.67. The molecular weight excluding hydrogens is 326 g/mol. The van der Waals surface area contributed by atoms with Gasteiger partial charge >= 0.3 is 0 Å². The van der Waals surface area contributed by atoms with E-state index in [4.69, 9.17) is 10.8 Å². The number of hydrogen-bond acceptors (Lipinski definition) is 5. The first-order valence-corrected chi connectivity index (χ1v) is 7.46. The fraction of sp³-hybridized carbons (Fsp3) is 0.167. The van der Waals surface area contributed by atoms with Crippen LogP contribution in [0, 0.1) is 0 Å². The lowest BCUT2D eigenvalue weighted by atomic mass is 10.1. The summed E-state index contributed by atoms with van der Waals surface area (Å²) < 4.78 is 0. The zero-order valence-electron chi connectivity index (χ0n) is 13.0. The van der Waals surface area contributed by atoms with Crippen LogP contribution in [-0.2, 0) is 0 Å². The Balaban J connectivity index is 0.00000208. The van der Waals surface area contributed by atoms with Gasteiger partial charge in [0.1, 0.15) is 0 Å². The highest BCUT2D eigenvalue weighted by atomic mass is 35.5. The summed E-state index contributed by atoms with van der Waals surface area (Å²) in [6.07, 6.45) is -0.820. The first kappa shape index (κ1) is 18.0. The Labute approximate surface area is 146 Å².